The lowest BCUT2D eigenvalue weighted by molar-refractivity contribution is -0.122. The van der Waals surface area contributed by atoms with E-state index < -0.39 is 0 Å². The van der Waals surface area contributed by atoms with Crippen LogP contribution in [0.15, 0.2) is 6.07 Å². The van der Waals surface area contributed by atoms with Crippen LogP contribution in [0.5, 0.6) is 0 Å². The minimum Gasteiger partial charge on any atom is -0.323 e. The molecule has 2 aliphatic rings. The molecule has 1 saturated heterocycles. The molecule has 130 valence electrons. The summed E-state index contributed by atoms with van der Waals surface area (Å²) in [4.78, 5) is 38.9. The molecule has 1 aliphatic heterocycles. The summed E-state index contributed by atoms with van der Waals surface area (Å²) in [5, 5.41) is -0.0884. The molecule has 24 heavy (non-hydrogen) atoms. The second kappa shape index (κ2) is 8.02. The zero-order chi connectivity index (χ0) is 16.9. The maximum Gasteiger partial charge on any atom is 0.282 e. The van der Waals surface area contributed by atoms with Crippen molar-refractivity contribution in [1.29, 1.82) is 0 Å². The SMILES string of the molecule is O=C(CN1CCSC1=O)NNC(=O)c1cc2c(s1)CCCCCC2. The highest BCUT2D eigenvalue weighted by Crippen LogP contribution is 2.28. The number of thioether (sulfide) groups is 1. The first-order chi connectivity index (χ1) is 11.6. The molecule has 6 nitrogen and oxygen atoms in total. The number of nitrogens with one attached hydrogen (secondary N) is 2. The normalized spacial score (nSPS) is 17.8. The van der Waals surface area contributed by atoms with Gasteiger partial charge in [0, 0.05) is 17.2 Å². The second-order valence-corrected chi connectivity index (χ2v) is 8.19. The number of thiophene rings is 1. The Balaban J connectivity index is 1.52. The van der Waals surface area contributed by atoms with E-state index in [0.29, 0.717) is 17.2 Å². The molecule has 0 saturated carbocycles. The molecule has 0 unspecified atom stereocenters. The van der Waals surface area contributed by atoms with Gasteiger partial charge in [0.1, 0.15) is 6.54 Å². The zero-order valence-corrected chi connectivity index (χ0v) is 15.1. The Morgan fingerprint density at radius 1 is 1.12 bits per heavy atom. The minimum atomic E-state index is -0.380. The Hall–Kier alpha value is -1.54. The van der Waals surface area contributed by atoms with Crippen LogP contribution in [0, 0.1) is 0 Å². The van der Waals surface area contributed by atoms with Gasteiger partial charge in [0.25, 0.3) is 17.1 Å². The molecule has 0 bridgehead atoms. The highest BCUT2D eigenvalue weighted by Gasteiger charge is 2.23. The highest BCUT2D eigenvalue weighted by atomic mass is 32.2. The third kappa shape index (κ3) is 4.30. The van der Waals surface area contributed by atoms with E-state index in [-0.39, 0.29) is 23.6 Å². The van der Waals surface area contributed by atoms with Gasteiger partial charge in [0.05, 0.1) is 4.88 Å². The lowest BCUT2D eigenvalue weighted by Crippen LogP contribution is -2.46. The van der Waals surface area contributed by atoms with Gasteiger partial charge >= 0.3 is 0 Å². The van der Waals surface area contributed by atoms with E-state index in [2.05, 4.69) is 10.9 Å². The van der Waals surface area contributed by atoms with Crippen LogP contribution in [-0.4, -0.2) is 40.8 Å². The Kier molecular flexibility index (Phi) is 5.78. The molecule has 0 radical (unpaired) electrons. The molecule has 1 aromatic heterocycles. The summed E-state index contributed by atoms with van der Waals surface area (Å²) in [5.41, 5.74) is 6.13. The largest absolute Gasteiger partial charge is 0.323 e. The number of carbonyl (C=O) groups excluding carboxylic acids is 3. The summed E-state index contributed by atoms with van der Waals surface area (Å²) in [6.07, 6.45) is 6.91. The van der Waals surface area contributed by atoms with Gasteiger partial charge in [-0.2, -0.15) is 0 Å². The Bertz CT molecular complexity index is 619. The van der Waals surface area contributed by atoms with Crippen LogP contribution in [-0.2, 0) is 17.6 Å². The van der Waals surface area contributed by atoms with E-state index >= 15 is 0 Å². The number of nitrogens with zero attached hydrogens (tertiary/aromatic N) is 1. The fourth-order valence-electron chi connectivity index (χ4n) is 2.93. The summed E-state index contributed by atoms with van der Waals surface area (Å²) < 4.78 is 0. The van der Waals surface area contributed by atoms with Crippen LogP contribution in [0.4, 0.5) is 4.79 Å². The molecule has 2 N–H and O–H groups in total. The Morgan fingerprint density at radius 3 is 2.67 bits per heavy atom. The van der Waals surface area contributed by atoms with Crippen LogP contribution in [0.3, 0.4) is 0 Å². The summed E-state index contributed by atoms with van der Waals surface area (Å²) >= 11 is 2.73. The number of hydrazine groups is 1. The fourth-order valence-corrected chi connectivity index (χ4v) is 4.90. The Morgan fingerprint density at radius 2 is 1.92 bits per heavy atom. The van der Waals surface area contributed by atoms with Crippen molar-refractivity contribution < 1.29 is 14.4 Å². The van der Waals surface area contributed by atoms with Gasteiger partial charge in [0.2, 0.25) is 0 Å². The molecule has 3 rings (SSSR count). The van der Waals surface area contributed by atoms with Crippen molar-refractivity contribution in [2.24, 2.45) is 0 Å². The maximum absolute atomic E-state index is 12.2. The van der Waals surface area contributed by atoms with E-state index in [1.54, 1.807) is 0 Å². The van der Waals surface area contributed by atoms with Gasteiger partial charge in [-0.25, -0.2) is 0 Å². The van der Waals surface area contributed by atoms with Crippen LogP contribution in [0.1, 0.15) is 45.8 Å². The van der Waals surface area contributed by atoms with Crippen molar-refractivity contribution in [2.75, 3.05) is 18.8 Å². The summed E-state index contributed by atoms with van der Waals surface area (Å²) in [5.74, 6) is 0.0375. The average molecular weight is 367 g/mol. The second-order valence-electron chi connectivity index (χ2n) is 6.01. The number of carbonyl (C=O) groups is 3. The van der Waals surface area contributed by atoms with Crippen molar-refractivity contribution in [3.05, 3.63) is 21.4 Å². The van der Waals surface area contributed by atoms with Gasteiger partial charge in [-0.1, -0.05) is 24.6 Å². The number of hydrogen-bond acceptors (Lipinski definition) is 5. The van der Waals surface area contributed by atoms with Gasteiger partial charge in [-0.3, -0.25) is 25.2 Å². The van der Waals surface area contributed by atoms with E-state index in [9.17, 15) is 14.4 Å². The van der Waals surface area contributed by atoms with Crippen molar-refractivity contribution in [2.45, 2.75) is 38.5 Å². The highest BCUT2D eigenvalue weighted by molar-refractivity contribution is 8.13. The molecule has 1 aliphatic carbocycles. The number of rotatable bonds is 3. The van der Waals surface area contributed by atoms with E-state index in [0.717, 1.165) is 12.8 Å². The van der Waals surface area contributed by atoms with Gasteiger partial charge in [-0.05, 0) is 37.3 Å². The maximum atomic E-state index is 12.2. The van der Waals surface area contributed by atoms with Crippen LogP contribution < -0.4 is 10.9 Å². The van der Waals surface area contributed by atoms with Crippen molar-refractivity contribution >= 4 is 40.2 Å². The molecule has 2 heterocycles. The van der Waals surface area contributed by atoms with Crippen molar-refractivity contribution in [3.63, 3.8) is 0 Å². The first-order valence-electron chi connectivity index (χ1n) is 8.26. The first-order valence-corrected chi connectivity index (χ1v) is 10.1. The number of hydrogen-bond donors (Lipinski definition) is 2. The van der Waals surface area contributed by atoms with Gasteiger partial charge in [0.15, 0.2) is 0 Å². The molecular formula is C16H21N3O3S2. The van der Waals surface area contributed by atoms with Crippen LogP contribution >= 0.6 is 23.1 Å². The number of amides is 3. The lowest BCUT2D eigenvalue weighted by Gasteiger charge is -2.14. The minimum absolute atomic E-state index is 0.0208. The van der Waals surface area contributed by atoms with E-state index in [4.69, 9.17) is 0 Å². The molecule has 3 amide bonds. The number of fused-ring (bicyclic) bond motifs is 1. The first kappa shape index (κ1) is 17.3. The van der Waals surface area contributed by atoms with Crippen LogP contribution in [0.25, 0.3) is 0 Å². The molecule has 1 aromatic rings. The molecule has 0 aromatic carbocycles. The van der Waals surface area contributed by atoms with Gasteiger partial charge < -0.3 is 4.90 Å². The molecule has 0 atom stereocenters. The fraction of sp³-hybridized carbons (Fsp3) is 0.562. The summed E-state index contributed by atoms with van der Waals surface area (Å²) in [6.45, 7) is 0.551. The standard InChI is InChI=1S/C16H21N3O3S2/c20-14(10-19-7-8-23-16(19)22)17-18-15(21)13-9-11-5-3-1-2-4-6-12(11)24-13/h9H,1-8,10H2,(H,17,20)(H,18,21). The number of aryl methyl sites for hydroxylation is 2. The molecule has 8 heteroatoms. The molecular weight excluding hydrogens is 346 g/mol. The monoisotopic (exact) mass is 367 g/mol. The predicted molar refractivity (Wildman–Crippen MR) is 95.2 cm³/mol. The smallest absolute Gasteiger partial charge is 0.282 e. The average Bonchev–Trinajstić information content (AvgIpc) is 3.12. The third-order valence-electron chi connectivity index (χ3n) is 4.22. The quantitative estimate of drug-likeness (QED) is 0.804. The lowest BCUT2D eigenvalue weighted by atomic mass is 10.00. The van der Waals surface area contributed by atoms with E-state index in [1.807, 2.05) is 6.07 Å². The Labute approximate surface area is 149 Å². The van der Waals surface area contributed by atoms with Crippen molar-refractivity contribution in [3.8, 4) is 0 Å². The topological polar surface area (TPSA) is 78.5 Å². The van der Waals surface area contributed by atoms with Crippen LogP contribution in [0.2, 0.25) is 0 Å². The van der Waals surface area contributed by atoms with Crippen molar-refractivity contribution in [1.82, 2.24) is 15.8 Å². The summed E-state index contributed by atoms with van der Waals surface area (Å²) in [6, 6.07) is 1.95. The summed E-state index contributed by atoms with van der Waals surface area (Å²) in [7, 11) is 0. The third-order valence-corrected chi connectivity index (χ3v) is 6.34. The van der Waals surface area contributed by atoms with E-state index in [1.165, 1.54) is 64.1 Å². The predicted octanol–water partition coefficient (Wildman–Crippen LogP) is 2.34. The molecule has 0 spiro atoms. The molecule has 1 fully saturated rings. The van der Waals surface area contributed by atoms with Gasteiger partial charge in [-0.15, -0.1) is 11.3 Å². The zero-order valence-electron chi connectivity index (χ0n) is 13.4.